The summed E-state index contributed by atoms with van der Waals surface area (Å²) >= 11 is 0. The van der Waals surface area contributed by atoms with Gasteiger partial charge in [-0.25, -0.2) is 0 Å². The van der Waals surface area contributed by atoms with Crippen molar-refractivity contribution in [3.05, 3.63) is 0 Å². The lowest BCUT2D eigenvalue weighted by atomic mass is 10.1. The SMILES string of the molecule is OC[C@@H](O)C(O[C@@H]1O[C@@H]([C@H](O)CO)[C@H](O)[C@H]1O)[C@H](O)CO. The van der Waals surface area contributed by atoms with E-state index in [9.17, 15) is 25.5 Å². The number of hydrogen-bond acceptors (Lipinski definition) is 10. The first-order valence-electron chi connectivity index (χ1n) is 6.41. The highest BCUT2D eigenvalue weighted by Gasteiger charge is 2.48. The Bertz CT molecular complexity index is 293. The number of aliphatic hydroxyl groups is 8. The summed E-state index contributed by atoms with van der Waals surface area (Å²) in [7, 11) is 0. The van der Waals surface area contributed by atoms with Crippen LogP contribution in [0.15, 0.2) is 0 Å². The summed E-state index contributed by atoms with van der Waals surface area (Å²) in [6, 6.07) is 0. The molecule has 0 saturated carbocycles. The van der Waals surface area contributed by atoms with Crippen LogP contribution in [0.25, 0.3) is 0 Å². The molecule has 0 amide bonds. The van der Waals surface area contributed by atoms with Crippen molar-refractivity contribution in [1.29, 1.82) is 0 Å². The van der Waals surface area contributed by atoms with E-state index in [1.807, 2.05) is 0 Å². The van der Waals surface area contributed by atoms with Gasteiger partial charge in [0.15, 0.2) is 6.29 Å². The van der Waals surface area contributed by atoms with Crippen molar-refractivity contribution < 1.29 is 50.3 Å². The summed E-state index contributed by atoms with van der Waals surface area (Å²) in [6.45, 7) is -2.28. The summed E-state index contributed by atoms with van der Waals surface area (Å²) in [5.74, 6) is 0. The van der Waals surface area contributed by atoms with Crippen LogP contribution in [0.2, 0.25) is 0 Å². The van der Waals surface area contributed by atoms with Gasteiger partial charge in [0, 0.05) is 0 Å². The molecule has 0 bridgehead atoms. The van der Waals surface area contributed by atoms with E-state index < -0.39 is 68.8 Å². The minimum Gasteiger partial charge on any atom is -0.394 e. The monoisotopic (exact) mass is 314 g/mol. The van der Waals surface area contributed by atoms with Gasteiger partial charge in [-0.2, -0.15) is 0 Å². The Hall–Kier alpha value is -0.400. The summed E-state index contributed by atoms with van der Waals surface area (Å²) in [4.78, 5) is 0. The second-order valence-electron chi connectivity index (χ2n) is 4.80. The molecule has 7 atom stereocenters. The van der Waals surface area contributed by atoms with Gasteiger partial charge < -0.3 is 50.3 Å². The fourth-order valence-electron chi connectivity index (χ4n) is 2.01. The Kier molecular flexibility index (Phi) is 7.36. The smallest absolute Gasteiger partial charge is 0.187 e. The zero-order chi connectivity index (χ0) is 16.2. The summed E-state index contributed by atoms with van der Waals surface area (Å²) in [5, 5.41) is 74.4. The van der Waals surface area contributed by atoms with Crippen LogP contribution < -0.4 is 0 Å². The Morgan fingerprint density at radius 3 is 1.81 bits per heavy atom. The average molecular weight is 314 g/mol. The molecule has 0 aliphatic carbocycles. The zero-order valence-corrected chi connectivity index (χ0v) is 11.1. The number of ether oxygens (including phenoxy) is 2. The van der Waals surface area contributed by atoms with Crippen LogP contribution >= 0.6 is 0 Å². The Morgan fingerprint density at radius 1 is 0.857 bits per heavy atom. The van der Waals surface area contributed by atoms with Crippen molar-refractivity contribution >= 4 is 0 Å². The Morgan fingerprint density at radius 2 is 1.38 bits per heavy atom. The predicted octanol–water partition coefficient (Wildman–Crippen LogP) is -5.12. The highest BCUT2D eigenvalue weighted by atomic mass is 16.7. The molecule has 0 unspecified atom stereocenters. The molecule has 0 aromatic heterocycles. The standard InChI is InChI=1S/C11H22O10/c12-1-4(15)9(5(16)2-13)20-11-8(19)7(18)10(21-11)6(17)3-14/h4-19H,1-3H2/t4-,5-,6-,7-,8-,10+,11-/m1/s1. The first-order valence-corrected chi connectivity index (χ1v) is 6.41. The lowest BCUT2D eigenvalue weighted by Crippen LogP contribution is -2.47. The molecule has 0 aromatic rings. The molecule has 10 nitrogen and oxygen atoms in total. The van der Waals surface area contributed by atoms with E-state index in [4.69, 9.17) is 24.8 Å². The van der Waals surface area contributed by atoms with Crippen molar-refractivity contribution in [3.63, 3.8) is 0 Å². The van der Waals surface area contributed by atoms with Crippen LogP contribution in [0.3, 0.4) is 0 Å². The van der Waals surface area contributed by atoms with E-state index >= 15 is 0 Å². The van der Waals surface area contributed by atoms with Gasteiger partial charge in [-0.1, -0.05) is 0 Å². The van der Waals surface area contributed by atoms with Crippen LogP contribution in [-0.2, 0) is 9.47 Å². The molecule has 126 valence electrons. The van der Waals surface area contributed by atoms with Gasteiger partial charge in [0.1, 0.15) is 42.7 Å². The van der Waals surface area contributed by atoms with Crippen molar-refractivity contribution in [3.8, 4) is 0 Å². The fourth-order valence-corrected chi connectivity index (χ4v) is 2.01. The average Bonchev–Trinajstić information content (AvgIpc) is 2.78. The lowest BCUT2D eigenvalue weighted by Gasteiger charge is -2.29. The molecular weight excluding hydrogens is 292 g/mol. The molecule has 1 saturated heterocycles. The largest absolute Gasteiger partial charge is 0.394 e. The third-order valence-corrected chi connectivity index (χ3v) is 3.25. The van der Waals surface area contributed by atoms with Crippen LogP contribution in [0, 0.1) is 0 Å². The topological polar surface area (TPSA) is 180 Å². The Balaban J connectivity index is 2.75. The third-order valence-electron chi connectivity index (χ3n) is 3.25. The third kappa shape index (κ3) is 4.29. The molecule has 1 rings (SSSR count). The molecule has 0 radical (unpaired) electrons. The molecule has 8 N–H and O–H groups in total. The molecule has 0 aromatic carbocycles. The van der Waals surface area contributed by atoms with E-state index in [1.54, 1.807) is 0 Å². The van der Waals surface area contributed by atoms with Crippen molar-refractivity contribution in [2.75, 3.05) is 19.8 Å². The van der Waals surface area contributed by atoms with E-state index in [1.165, 1.54) is 0 Å². The zero-order valence-electron chi connectivity index (χ0n) is 11.1. The second kappa shape index (κ2) is 8.29. The normalized spacial score (nSPS) is 34.1. The quantitative estimate of drug-likeness (QED) is 0.216. The number of rotatable bonds is 8. The molecule has 1 fully saturated rings. The highest BCUT2D eigenvalue weighted by molar-refractivity contribution is 4.91. The number of hydrogen-bond donors (Lipinski definition) is 8. The second-order valence-corrected chi connectivity index (χ2v) is 4.80. The highest BCUT2D eigenvalue weighted by Crippen LogP contribution is 2.26. The van der Waals surface area contributed by atoms with E-state index in [0.717, 1.165) is 0 Å². The summed E-state index contributed by atoms with van der Waals surface area (Å²) in [6.07, 6.45) is -12.1. The van der Waals surface area contributed by atoms with Crippen molar-refractivity contribution in [2.45, 2.75) is 49.0 Å². The van der Waals surface area contributed by atoms with Crippen molar-refractivity contribution in [2.24, 2.45) is 0 Å². The molecule has 10 heteroatoms. The van der Waals surface area contributed by atoms with Crippen LogP contribution in [-0.4, -0.2) is 110 Å². The summed E-state index contributed by atoms with van der Waals surface area (Å²) < 4.78 is 10.1. The minimum absolute atomic E-state index is 0.719. The van der Waals surface area contributed by atoms with Crippen molar-refractivity contribution in [1.82, 2.24) is 0 Å². The molecule has 1 heterocycles. The number of aliphatic hydroxyl groups excluding tert-OH is 8. The van der Waals surface area contributed by atoms with Gasteiger partial charge in [-0.15, -0.1) is 0 Å². The molecule has 1 aliphatic rings. The molecular formula is C11H22O10. The van der Waals surface area contributed by atoms with Gasteiger partial charge >= 0.3 is 0 Å². The molecule has 0 spiro atoms. The van der Waals surface area contributed by atoms with Gasteiger partial charge in [0.2, 0.25) is 0 Å². The minimum atomic E-state index is -1.62. The summed E-state index contributed by atoms with van der Waals surface area (Å²) in [5.41, 5.74) is 0. The Labute approximate surface area is 120 Å². The van der Waals surface area contributed by atoms with Gasteiger partial charge in [0.25, 0.3) is 0 Å². The predicted molar refractivity (Wildman–Crippen MR) is 64.8 cm³/mol. The van der Waals surface area contributed by atoms with E-state index in [0.29, 0.717) is 0 Å². The fraction of sp³-hybridized carbons (Fsp3) is 1.00. The lowest BCUT2D eigenvalue weighted by molar-refractivity contribution is -0.241. The van der Waals surface area contributed by atoms with Crippen LogP contribution in [0.1, 0.15) is 0 Å². The van der Waals surface area contributed by atoms with E-state index in [-0.39, 0.29) is 0 Å². The van der Waals surface area contributed by atoms with Crippen LogP contribution in [0.5, 0.6) is 0 Å². The first-order chi connectivity index (χ1) is 9.87. The molecule has 1 aliphatic heterocycles. The molecule has 21 heavy (non-hydrogen) atoms. The maximum Gasteiger partial charge on any atom is 0.187 e. The van der Waals surface area contributed by atoms with Gasteiger partial charge in [-0.3, -0.25) is 0 Å². The maximum atomic E-state index is 9.75. The van der Waals surface area contributed by atoms with E-state index in [2.05, 4.69) is 0 Å². The van der Waals surface area contributed by atoms with Crippen LogP contribution in [0.4, 0.5) is 0 Å². The van der Waals surface area contributed by atoms with Gasteiger partial charge in [0.05, 0.1) is 19.8 Å². The van der Waals surface area contributed by atoms with Gasteiger partial charge in [-0.05, 0) is 0 Å². The maximum absolute atomic E-state index is 9.75. The first kappa shape index (κ1) is 18.6.